The Kier molecular flexibility index (Phi) is 3.24. The van der Waals surface area contributed by atoms with Gasteiger partial charge in [0.25, 0.3) is 0 Å². The average molecular weight is 300 g/mol. The van der Waals surface area contributed by atoms with Crippen molar-refractivity contribution >= 4 is 0 Å². The Morgan fingerprint density at radius 1 is 0.882 bits per heavy atom. The molecule has 0 nitrogen and oxygen atoms in total. The minimum atomic E-state index is 0. The summed E-state index contributed by atoms with van der Waals surface area (Å²) < 4.78 is 0. The van der Waals surface area contributed by atoms with E-state index in [0.29, 0.717) is 5.41 Å². The third kappa shape index (κ3) is 1.96. The van der Waals surface area contributed by atoms with Crippen LogP contribution in [0.3, 0.4) is 0 Å². The van der Waals surface area contributed by atoms with Gasteiger partial charge in [-0.2, -0.15) is 35.9 Å². The molecule has 1 heteroatoms. The van der Waals surface area contributed by atoms with E-state index in [1.807, 2.05) is 0 Å². The first-order chi connectivity index (χ1) is 7.84. The van der Waals surface area contributed by atoms with Gasteiger partial charge in [0.05, 0.1) is 0 Å². The Bertz CT molecular complexity index is 360. The molecule has 0 unspecified atom stereocenters. The van der Waals surface area contributed by atoms with E-state index in [1.165, 1.54) is 38.5 Å². The van der Waals surface area contributed by atoms with Crippen LogP contribution in [0.2, 0.25) is 0 Å². The van der Waals surface area contributed by atoms with Crippen molar-refractivity contribution in [2.75, 3.05) is 0 Å². The van der Waals surface area contributed by atoms with Crippen LogP contribution < -0.4 is 0 Å². The number of hydrogen-bond acceptors (Lipinski definition) is 0. The fourth-order valence-corrected chi connectivity index (χ4v) is 5.20. The zero-order chi connectivity index (χ0) is 10.6. The predicted octanol–water partition coefficient (Wildman–Crippen LogP) is 3.95. The fraction of sp³-hybridized carbons (Fsp3) is 0.625. The first kappa shape index (κ1) is 12.4. The summed E-state index contributed by atoms with van der Waals surface area (Å²) in [6, 6.07) is 12.0. The van der Waals surface area contributed by atoms with Crippen molar-refractivity contribution in [3.8, 4) is 0 Å². The molecule has 0 heterocycles. The van der Waals surface area contributed by atoms with Gasteiger partial charge in [0.1, 0.15) is 0 Å². The van der Waals surface area contributed by atoms with E-state index in [1.54, 1.807) is 5.56 Å². The van der Waals surface area contributed by atoms with E-state index in [9.17, 15) is 0 Å². The molecule has 4 aliphatic carbocycles. The van der Waals surface area contributed by atoms with Gasteiger partial charge in [-0.25, -0.2) is 0 Å². The van der Waals surface area contributed by atoms with E-state index in [4.69, 9.17) is 0 Å². The topological polar surface area (TPSA) is 0 Å². The quantitative estimate of drug-likeness (QED) is 0.689. The molecule has 0 aliphatic heterocycles. The molecule has 0 radical (unpaired) electrons. The number of rotatable bonds is 1. The van der Waals surface area contributed by atoms with E-state index >= 15 is 0 Å². The summed E-state index contributed by atoms with van der Waals surface area (Å²) in [5, 5.41) is 0. The van der Waals surface area contributed by atoms with Gasteiger partial charge in [0.2, 0.25) is 0 Å². The first-order valence-corrected chi connectivity index (χ1v) is 6.81. The van der Waals surface area contributed by atoms with Gasteiger partial charge in [0.15, 0.2) is 0 Å². The minimum Gasteiger partial charge on any atom is -0.184 e. The van der Waals surface area contributed by atoms with Crippen molar-refractivity contribution in [2.45, 2.75) is 43.9 Å². The SMILES string of the molecule is [Y+3].[c-]1ccc(C23CC4CC(CC(C4)C2)C3)cc1. The zero-order valence-electron chi connectivity index (χ0n) is 10.4. The van der Waals surface area contributed by atoms with Gasteiger partial charge in [0, 0.05) is 0 Å². The molecule has 1 aromatic rings. The monoisotopic (exact) mass is 300 g/mol. The maximum absolute atomic E-state index is 3.16. The Morgan fingerprint density at radius 2 is 1.35 bits per heavy atom. The molecule has 0 atom stereocenters. The van der Waals surface area contributed by atoms with Gasteiger partial charge in [-0.15, -0.1) is 0 Å². The molecule has 5 rings (SSSR count). The van der Waals surface area contributed by atoms with E-state index in [-0.39, 0.29) is 32.7 Å². The second kappa shape index (κ2) is 4.46. The van der Waals surface area contributed by atoms with E-state index in [2.05, 4.69) is 30.3 Å². The van der Waals surface area contributed by atoms with Crippen molar-refractivity contribution < 1.29 is 32.7 Å². The molecule has 1 aromatic carbocycles. The molecule has 17 heavy (non-hydrogen) atoms. The number of hydrogen-bond donors (Lipinski definition) is 0. The maximum Gasteiger partial charge on any atom is 3.00 e. The summed E-state index contributed by atoms with van der Waals surface area (Å²) in [6.07, 6.45) is 9.05. The summed E-state index contributed by atoms with van der Waals surface area (Å²) in [7, 11) is 0. The average Bonchev–Trinajstić information content (AvgIpc) is 2.28. The van der Waals surface area contributed by atoms with Crippen molar-refractivity contribution in [2.24, 2.45) is 17.8 Å². The van der Waals surface area contributed by atoms with Crippen LogP contribution in [0.25, 0.3) is 0 Å². The van der Waals surface area contributed by atoms with Crippen molar-refractivity contribution in [3.63, 3.8) is 0 Å². The van der Waals surface area contributed by atoms with Gasteiger partial charge in [-0.3, -0.25) is 0 Å². The van der Waals surface area contributed by atoms with Crippen LogP contribution >= 0.6 is 0 Å². The molecule has 4 saturated carbocycles. The molecule has 4 bridgehead atoms. The second-order valence-corrected chi connectivity index (χ2v) is 6.49. The first-order valence-electron chi connectivity index (χ1n) is 6.81. The van der Waals surface area contributed by atoms with Gasteiger partial charge in [-0.1, -0.05) is 0 Å². The Hall–Kier alpha value is 0.324. The van der Waals surface area contributed by atoms with Crippen molar-refractivity contribution in [1.29, 1.82) is 0 Å². The summed E-state index contributed by atoms with van der Waals surface area (Å²) in [6.45, 7) is 0. The normalized spacial score (nSPS) is 42.2. The standard InChI is InChI=1S/C16H19.Y/c1-2-4-15(5-3-1)16-9-12-6-13(10-16)8-14(7-12)11-16;/h2-5,12-14H,6-11H2;/q-1;+3. The largest absolute Gasteiger partial charge is 3.00 e. The van der Waals surface area contributed by atoms with Gasteiger partial charge < -0.3 is 0 Å². The third-order valence-electron chi connectivity index (χ3n) is 5.37. The Balaban J connectivity index is 0.000000902. The molecule has 0 aromatic heterocycles. The van der Waals surface area contributed by atoms with Crippen LogP contribution in [0.15, 0.2) is 24.3 Å². The molecule has 0 N–H and O–H groups in total. The summed E-state index contributed by atoms with van der Waals surface area (Å²) >= 11 is 0. The van der Waals surface area contributed by atoms with Crippen LogP contribution in [0, 0.1) is 23.8 Å². The molecular weight excluding hydrogens is 281 g/mol. The maximum atomic E-state index is 3.16. The summed E-state index contributed by atoms with van der Waals surface area (Å²) in [5.74, 6) is 3.15. The summed E-state index contributed by atoms with van der Waals surface area (Å²) in [5.41, 5.74) is 2.19. The zero-order valence-corrected chi connectivity index (χ0v) is 13.2. The van der Waals surface area contributed by atoms with Crippen LogP contribution in [-0.2, 0) is 38.1 Å². The molecule has 4 aliphatic rings. The second-order valence-electron chi connectivity index (χ2n) is 6.49. The van der Waals surface area contributed by atoms with Crippen LogP contribution in [0.4, 0.5) is 0 Å². The third-order valence-corrected chi connectivity index (χ3v) is 5.37. The minimum absolute atomic E-state index is 0. The van der Waals surface area contributed by atoms with Gasteiger partial charge in [-0.05, 0) is 61.7 Å². The molecule has 4 fully saturated rings. The molecule has 0 spiro atoms. The predicted molar refractivity (Wildman–Crippen MR) is 65.1 cm³/mol. The Labute approximate surface area is 129 Å². The van der Waals surface area contributed by atoms with E-state index < -0.39 is 0 Å². The van der Waals surface area contributed by atoms with Crippen molar-refractivity contribution in [1.82, 2.24) is 0 Å². The molecule has 84 valence electrons. The molecule has 0 amide bonds. The summed E-state index contributed by atoms with van der Waals surface area (Å²) in [4.78, 5) is 0. The van der Waals surface area contributed by atoms with E-state index in [0.717, 1.165) is 17.8 Å². The smallest absolute Gasteiger partial charge is 0.184 e. The van der Waals surface area contributed by atoms with Crippen molar-refractivity contribution in [3.05, 3.63) is 35.9 Å². The molecule has 0 saturated heterocycles. The van der Waals surface area contributed by atoms with Gasteiger partial charge >= 0.3 is 32.7 Å². The van der Waals surface area contributed by atoms with Crippen LogP contribution in [-0.4, -0.2) is 0 Å². The fourth-order valence-electron chi connectivity index (χ4n) is 5.20. The molecular formula is C16H19Y+2. The Morgan fingerprint density at radius 3 is 1.82 bits per heavy atom. The van der Waals surface area contributed by atoms with Crippen LogP contribution in [0.1, 0.15) is 44.1 Å². The number of benzene rings is 1. The van der Waals surface area contributed by atoms with Crippen LogP contribution in [0.5, 0.6) is 0 Å².